The quantitative estimate of drug-likeness (QED) is 0.537. The molecule has 3 aromatic rings. The number of ether oxygens (including phenoxy) is 1. The molecule has 0 N–H and O–H groups in total. The molecule has 3 aromatic heterocycles. The number of hydrogen-bond acceptors (Lipinski definition) is 7. The van der Waals surface area contributed by atoms with Crippen molar-refractivity contribution in [1.82, 2.24) is 29.6 Å². The summed E-state index contributed by atoms with van der Waals surface area (Å²) in [6, 6.07) is 3.78. The monoisotopic (exact) mass is 295 g/mol. The van der Waals surface area contributed by atoms with Gasteiger partial charge in [-0.2, -0.15) is 9.78 Å². The molecule has 19 heavy (non-hydrogen) atoms. The van der Waals surface area contributed by atoms with Gasteiger partial charge < -0.3 is 4.74 Å². The number of pyridine rings is 1. The molecule has 3 rings (SSSR count). The van der Waals surface area contributed by atoms with Gasteiger partial charge >= 0.3 is 0 Å². The van der Waals surface area contributed by atoms with Gasteiger partial charge in [-0.25, -0.2) is 0 Å². The lowest BCUT2D eigenvalue weighted by atomic mass is 10.4. The molecular formula is C10H11N6OS2+. The fraction of sp³-hybridized carbons (Fsp3) is 0.300. The van der Waals surface area contributed by atoms with Crippen LogP contribution in [-0.4, -0.2) is 36.7 Å². The topological polar surface area (TPSA) is 78.6 Å². The summed E-state index contributed by atoms with van der Waals surface area (Å²) in [7, 11) is 2.72. The summed E-state index contributed by atoms with van der Waals surface area (Å²) in [4.78, 5) is 5.85. The second kappa shape index (κ2) is 5.10. The number of methoxy groups -OCH3 is 1. The molecule has 1 atom stereocenters. The molecule has 7 nitrogen and oxygen atoms in total. The van der Waals surface area contributed by atoms with Gasteiger partial charge in [-0.3, -0.25) is 0 Å². The van der Waals surface area contributed by atoms with Crippen LogP contribution in [0.5, 0.6) is 5.88 Å². The number of rotatable bonds is 4. The molecule has 9 heteroatoms. The van der Waals surface area contributed by atoms with Crippen molar-refractivity contribution in [2.45, 2.75) is 18.6 Å². The molecule has 0 radical (unpaired) electrons. The highest BCUT2D eigenvalue weighted by molar-refractivity contribution is 8.44. The molecule has 98 valence electrons. The van der Waals surface area contributed by atoms with Crippen LogP contribution in [0.2, 0.25) is 0 Å². The van der Waals surface area contributed by atoms with E-state index < -0.39 is 0 Å². The molecule has 0 spiro atoms. The minimum Gasteiger partial charge on any atom is -0.481 e. The third-order valence-corrected chi connectivity index (χ3v) is 5.13. The van der Waals surface area contributed by atoms with Crippen molar-refractivity contribution in [3.8, 4) is 5.88 Å². The number of nitrogens with zero attached hydrogens (tertiary/aromatic N) is 6. The number of aromatic nitrogens is 6. The average Bonchev–Trinajstić information content (AvgIpc) is 3.03. The zero-order valence-electron chi connectivity index (χ0n) is 10.3. The van der Waals surface area contributed by atoms with E-state index in [9.17, 15) is 0 Å². The number of tetrazole rings is 1. The second-order valence-corrected chi connectivity index (χ2v) is 6.62. The third-order valence-electron chi connectivity index (χ3n) is 2.37. The Morgan fingerprint density at radius 3 is 3.05 bits per heavy atom. The van der Waals surface area contributed by atoms with E-state index in [1.807, 2.05) is 19.1 Å². The van der Waals surface area contributed by atoms with Gasteiger partial charge in [0, 0.05) is 6.07 Å². The Labute approximate surface area is 115 Å². The zero-order valence-corrected chi connectivity index (χ0v) is 12.0. The average molecular weight is 295 g/mol. The first-order valence-electron chi connectivity index (χ1n) is 5.59. The maximum atomic E-state index is 5.08. The van der Waals surface area contributed by atoms with Crippen LogP contribution in [0.15, 0.2) is 22.7 Å². The molecule has 3 heterocycles. The van der Waals surface area contributed by atoms with Gasteiger partial charge in [0.25, 0.3) is 5.16 Å². The van der Waals surface area contributed by atoms with Crippen LogP contribution in [0.25, 0.3) is 11.0 Å². The summed E-state index contributed by atoms with van der Waals surface area (Å²) in [5, 5.41) is 15.8. The van der Waals surface area contributed by atoms with Crippen LogP contribution in [0.3, 0.4) is 0 Å². The van der Waals surface area contributed by atoms with E-state index >= 15 is 0 Å². The summed E-state index contributed by atoms with van der Waals surface area (Å²) in [5.74, 6) is 0.571. The number of fused-ring (bicyclic) bond motifs is 1. The summed E-state index contributed by atoms with van der Waals surface area (Å²) in [6.07, 6.45) is 0. The van der Waals surface area contributed by atoms with E-state index in [4.69, 9.17) is 4.74 Å². The van der Waals surface area contributed by atoms with Crippen LogP contribution < -0.4 is 4.74 Å². The smallest absolute Gasteiger partial charge is 0.289 e. The Bertz CT molecular complexity index is 709. The number of hydrogen-bond donors (Lipinski definition) is 0. The number of aryl methyl sites for hydroxylation is 1. The first-order chi connectivity index (χ1) is 9.28. The predicted octanol–water partition coefficient (Wildman–Crippen LogP) is 1.95. The van der Waals surface area contributed by atoms with Crippen molar-refractivity contribution >= 4 is 31.5 Å². The highest BCUT2D eigenvalue weighted by Crippen LogP contribution is 2.37. The van der Waals surface area contributed by atoms with Crippen LogP contribution in [0.1, 0.15) is 6.92 Å². The summed E-state index contributed by atoms with van der Waals surface area (Å²) in [6.45, 7) is 2.68. The van der Waals surface area contributed by atoms with Gasteiger partial charge in [0.05, 0.1) is 19.0 Å². The first-order valence-corrected chi connectivity index (χ1v) is 8.17. The van der Waals surface area contributed by atoms with Crippen molar-refractivity contribution in [3.63, 3.8) is 0 Å². The van der Waals surface area contributed by atoms with E-state index in [-0.39, 0.29) is 9.70 Å². The first kappa shape index (κ1) is 12.3. The standard InChI is InChI=1S/C10H11N6OS2/c1-3-16-13-10(12-15-16)18-19-6-7-4-5-8(17-2)11-9(7)14-19/h4-6H,3H2,1-2H3/q+1. The maximum Gasteiger partial charge on any atom is 0.289 e. The van der Waals surface area contributed by atoms with E-state index in [0.717, 1.165) is 5.39 Å². The van der Waals surface area contributed by atoms with Crippen LogP contribution in [0, 0.1) is 0 Å². The van der Waals surface area contributed by atoms with Crippen LogP contribution in [-0.2, 0) is 6.54 Å². The Balaban J connectivity index is 1.88. The Hall–Kier alpha value is -1.74. The van der Waals surface area contributed by atoms with Crippen molar-refractivity contribution in [3.05, 3.63) is 17.5 Å². The summed E-state index contributed by atoms with van der Waals surface area (Å²) >= 11 is 0. The molecule has 0 aliphatic rings. The molecule has 0 saturated heterocycles. The maximum absolute atomic E-state index is 5.08. The van der Waals surface area contributed by atoms with Gasteiger partial charge in [-0.1, -0.05) is 5.10 Å². The molecule has 0 saturated carbocycles. The Morgan fingerprint density at radius 1 is 1.42 bits per heavy atom. The van der Waals surface area contributed by atoms with Gasteiger partial charge in [0.15, 0.2) is 15.1 Å². The molecule has 0 aliphatic carbocycles. The van der Waals surface area contributed by atoms with Crippen LogP contribution in [0.4, 0.5) is 0 Å². The summed E-state index contributed by atoms with van der Waals surface area (Å²) < 4.78 is 9.60. The van der Waals surface area contributed by atoms with Gasteiger partial charge in [-0.05, 0) is 22.6 Å². The molecule has 0 fully saturated rings. The van der Waals surface area contributed by atoms with Crippen molar-refractivity contribution in [1.29, 1.82) is 0 Å². The highest BCUT2D eigenvalue weighted by atomic mass is 33.1. The lowest BCUT2D eigenvalue weighted by Gasteiger charge is -1.93. The van der Waals surface area contributed by atoms with Crippen molar-refractivity contribution in [2.24, 2.45) is 0 Å². The van der Waals surface area contributed by atoms with E-state index in [0.29, 0.717) is 23.2 Å². The predicted molar refractivity (Wildman–Crippen MR) is 73.3 cm³/mol. The van der Waals surface area contributed by atoms with E-state index in [1.165, 1.54) is 10.8 Å². The minimum atomic E-state index is -0.353. The van der Waals surface area contributed by atoms with Gasteiger partial charge in [0.2, 0.25) is 22.3 Å². The fourth-order valence-electron chi connectivity index (χ4n) is 1.46. The molecule has 1 unspecified atom stereocenters. The SMILES string of the molecule is CCn1nnc(S[s+]2cc3ccc(OC)nc3n2)n1. The Kier molecular flexibility index (Phi) is 3.30. The Morgan fingerprint density at radius 2 is 2.32 bits per heavy atom. The molecule has 0 bridgehead atoms. The fourth-order valence-corrected chi connectivity index (χ4v) is 4.10. The minimum absolute atomic E-state index is 0.353. The van der Waals surface area contributed by atoms with Crippen molar-refractivity contribution < 1.29 is 4.74 Å². The molecule has 0 amide bonds. The lowest BCUT2D eigenvalue weighted by molar-refractivity contribution is 0.399. The van der Waals surface area contributed by atoms with Gasteiger partial charge in [0.1, 0.15) is 0 Å². The van der Waals surface area contributed by atoms with E-state index in [2.05, 4.69) is 30.1 Å². The zero-order chi connectivity index (χ0) is 13.2. The second-order valence-electron chi connectivity index (χ2n) is 3.60. The largest absolute Gasteiger partial charge is 0.481 e. The van der Waals surface area contributed by atoms with Crippen LogP contribution >= 0.6 is 20.5 Å². The third kappa shape index (κ3) is 2.51. The van der Waals surface area contributed by atoms with Gasteiger partial charge in [-0.15, -0.1) is 5.10 Å². The summed E-state index contributed by atoms with van der Waals surface area (Å²) in [5.41, 5.74) is 0.707. The molecule has 0 aromatic carbocycles. The van der Waals surface area contributed by atoms with Crippen molar-refractivity contribution in [2.75, 3.05) is 7.11 Å². The lowest BCUT2D eigenvalue weighted by Crippen LogP contribution is -1.98. The molecule has 0 aliphatic heterocycles. The normalized spacial score (nSPS) is 12.0. The van der Waals surface area contributed by atoms with E-state index in [1.54, 1.807) is 11.9 Å². The highest BCUT2D eigenvalue weighted by Gasteiger charge is 2.19. The molecular weight excluding hydrogens is 284 g/mol.